The van der Waals surface area contributed by atoms with E-state index in [0.29, 0.717) is 0 Å². The molecule has 0 fully saturated rings. The van der Waals surface area contributed by atoms with Crippen molar-refractivity contribution in [1.82, 2.24) is 9.97 Å². The summed E-state index contributed by atoms with van der Waals surface area (Å²) >= 11 is 0. The van der Waals surface area contributed by atoms with E-state index in [-0.39, 0.29) is 29.1 Å². The standard InChI is InChI=1S/C53H34BN2.Au/c1-6-17-37(18-7-1)41-29-30-51-47(34-41)48-35-44(40-23-12-4-13-24-40)36-49(53(48)56-51)54(46-25-14-5-15-26-46)52-28-16-27-50(55-52)45-32-42(38-19-8-2-9-20-38)31-43(33-45)39-21-10-3-11-22-39;/h1-21,23-32,34-36H;/q-3;+3. The molecule has 0 aliphatic heterocycles. The summed E-state index contributed by atoms with van der Waals surface area (Å²) in [5, 5.41) is 2.28. The second kappa shape index (κ2) is 15.9. The molecule has 2 nitrogen and oxygen atoms in total. The maximum atomic E-state index is 5.51. The molecule has 0 unspecified atom stereocenters. The van der Waals surface area contributed by atoms with Gasteiger partial charge >= 0.3 is 22.4 Å². The number of hydrogen-bond acceptors (Lipinski definition) is 1. The van der Waals surface area contributed by atoms with E-state index in [1.807, 2.05) is 18.2 Å². The average molecular weight is 907 g/mol. The Morgan fingerprint density at radius 3 is 1.70 bits per heavy atom. The number of nitrogens with zero attached hydrogens (tertiary/aromatic N) is 2. The summed E-state index contributed by atoms with van der Waals surface area (Å²) in [5.41, 5.74) is 15.9. The Morgan fingerprint density at radius 2 is 1.04 bits per heavy atom. The first kappa shape index (κ1) is 36.2. The van der Waals surface area contributed by atoms with Gasteiger partial charge < -0.3 is 9.97 Å². The van der Waals surface area contributed by atoms with Crippen molar-refractivity contribution in [3.05, 3.63) is 218 Å². The van der Waals surface area contributed by atoms with E-state index in [1.165, 1.54) is 11.1 Å². The third-order valence-corrected chi connectivity index (χ3v) is 10.6. The minimum absolute atomic E-state index is 0. The van der Waals surface area contributed by atoms with E-state index < -0.39 is 0 Å². The molecule has 0 aliphatic rings. The van der Waals surface area contributed by atoms with Gasteiger partial charge in [0.05, 0.1) is 0 Å². The zero-order valence-electron chi connectivity index (χ0n) is 30.9. The van der Waals surface area contributed by atoms with Crippen LogP contribution >= 0.6 is 0 Å². The van der Waals surface area contributed by atoms with Crippen molar-refractivity contribution < 1.29 is 22.4 Å². The molecular formula is C53H34AuBN2. The van der Waals surface area contributed by atoms with Crippen LogP contribution in [-0.4, -0.2) is 11.7 Å². The van der Waals surface area contributed by atoms with Crippen molar-refractivity contribution in [2.45, 2.75) is 0 Å². The molecule has 0 bridgehead atoms. The van der Waals surface area contributed by atoms with Crippen molar-refractivity contribution in [3.8, 4) is 55.8 Å². The zero-order valence-corrected chi connectivity index (χ0v) is 33.1. The summed E-state index contributed by atoms with van der Waals surface area (Å²) in [6, 6.07) is 79.8. The Bertz CT molecular complexity index is 2890. The molecule has 0 saturated carbocycles. The summed E-state index contributed by atoms with van der Waals surface area (Å²) in [5.74, 6) is 0. The van der Waals surface area contributed by atoms with Crippen LogP contribution in [0.5, 0.6) is 0 Å². The molecular weight excluding hydrogens is 872 g/mol. The van der Waals surface area contributed by atoms with Crippen molar-refractivity contribution >= 4 is 45.0 Å². The molecule has 0 radical (unpaired) electrons. The number of hydrogen-bond donors (Lipinski definition) is 0. The van der Waals surface area contributed by atoms with Crippen LogP contribution in [0.4, 0.5) is 0 Å². The normalized spacial score (nSPS) is 11.0. The van der Waals surface area contributed by atoms with Gasteiger partial charge in [-0.1, -0.05) is 174 Å². The van der Waals surface area contributed by atoms with Crippen LogP contribution in [0.15, 0.2) is 206 Å². The quantitative estimate of drug-likeness (QED) is 0.112. The van der Waals surface area contributed by atoms with E-state index in [4.69, 9.17) is 9.97 Å². The summed E-state index contributed by atoms with van der Waals surface area (Å²) in [6.07, 6.45) is 0. The van der Waals surface area contributed by atoms with Gasteiger partial charge in [0.1, 0.15) is 0 Å². The second-order valence-electron chi connectivity index (χ2n) is 14.2. The first-order valence-corrected chi connectivity index (χ1v) is 19.0. The first-order chi connectivity index (χ1) is 27.7. The Hall–Kier alpha value is -6.48. The molecule has 57 heavy (non-hydrogen) atoms. The molecule has 0 atom stereocenters. The van der Waals surface area contributed by atoms with Gasteiger partial charge in [0.15, 0.2) is 0 Å². The first-order valence-electron chi connectivity index (χ1n) is 19.0. The Labute approximate surface area is 349 Å². The predicted molar refractivity (Wildman–Crippen MR) is 235 cm³/mol. The van der Waals surface area contributed by atoms with Crippen LogP contribution in [0.1, 0.15) is 0 Å². The Morgan fingerprint density at radius 1 is 0.439 bits per heavy atom. The van der Waals surface area contributed by atoms with Gasteiger partial charge in [-0.15, -0.1) is 28.7 Å². The monoisotopic (exact) mass is 906 g/mol. The van der Waals surface area contributed by atoms with Gasteiger partial charge in [-0.25, -0.2) is 5.56 Å². The molecule has 0 spiro atoms. The number of pyridine rings is 1. The summed E-state index contributed by atoms with van der Waals surface area (Å²) in [7, 11) is 0. The maximum absolute atomic E-state index is 5.51. The van der Waals surface area contributed by atoms with Gasteiger partial charge in [0.2, 0.25) is 0 Å². The molecule has 10 aromatic rings. The van der Waals surface area contributed by atoms with Crippen molar-refractivity contribution in [2.24, 2.45) is 0 Å². The van der Waals surface area contributed by atoms with Crippen molar-refractivity contribution in [3.63, 3.8) is 0 Å². The SMILES string of the molecule is [Au+3].[c-]1ccccc1-c1[c-]c(-c2cccc(B(c3ccccc3)c3cc(-c4ccccc4)cc4c3[n-]c3ccc(-c5ccccc5)cc34)n2)cc(-c2ccccc2)c1. The van der Waals surface area contributed by atoms with E-state index >= 15 is 0 Å². The topological polar surface area (TPSA) is 27.0 Å². The smallest absolute Gasteiger partial charge is 0.657 e. The fourth-order valence-corrected chi connectivity index (χ4v) is 7.91. The Kier molecular flexibility index (Phi) is 10.1. The van der Waals surface area contributed by atoms with E-state index in [1.54, 1.807) is 0 Å². The van der Waals surface area contributed by atoms with Gasteiger partial charge in [-0.2, -0.15) is 42.0 Å². The van der Waals surface area contributed by atoms with E-state index in [2.05, 4.69) is 200 Å². The molecule has 8 aromatic carbocycles. The molecule has 10 rings (SSSR count). The van der Waals surface area contributed by atoms with Crippen molar-refractivity contribution in [1.29, 1.82) is 0 Å². The fourth-order valence-electron chi connectivity index (χ4n) is 7.91. The predicted octanol–water partition coefficient (Wildman–Crippen LogP) is 10.8. The average Bonchev–Trinajstić information content (AvgIpc) is 3.66. The molecule has 270 valence electrons. The molecule has 0 aliphatic carbocycles. The number of benzene rings is 8. The molecule has 0 N–H and O–H groups in total. The molecule has 2 aromatic heterocycles. The number of fused-ring (bicyclic) bond motifs is 3. The van der Waals surface area contributed by atoms with Crippen LogP contribution in [0, 0.1) is 12.1 Å². The second-order valence-corrected chi connectivity index (χ2v) is 14.2. The van der Waals surface area contributed by atoms with Gasteiger partial charge in [-0.05, 0) is 50.7 Å². The minimum atomic E-state index is -0.195. The molecule has 4 heteroatoms. The van der Waals surface area contributed by atoms with Crippen LogP contribution < -0.4 is 21.5 Å². The van der Waals surface area contributed by atoms with Crippen LogP contribution in [0.25, 0.3) is 77.6 Å². The third-order valence-electron chi connectivity index (χ3n) is 10.6. The maximum Gasteiger partial charge on any atom is 3.00 e. The van der Waals surface area contributed by atoms with Crippen LogP contribution in [-0.2, 0) is 22.4 Å². The van der Waals surface area contributed by atoms with E-state index in [9.17, 15) is 0 Å². The van der Waals surface area contributed by atoms with Crippen LogP contribution in [0.2, 0.25) is 0 Å². The van der Waals surface area contributed by atoms with E-state index in [0.717, 1.165) is 83.0 Å². The van der Waals surface area contributed by atoms with Gasteiger partial charge in [-0.3, -0.25) is 0 Å². The third kappa shape index (κ3) is 7.21. The Balaban J connectivity index is 0.00000422. The summed E-state index contributed by atoms with van der Waals surface area (Å²) in [4.78, 5) is 10.9. The minimum Gasteiger partial charge on any atom is -0.657 e. The number of aromatic nitrogens is 2. The largest absolute Gasteiger partial charge is 3.00 e. The van der Waals surface area contributed by atoms with Crippen LogP contribution in [0.3, 0.4) is 0 Å². The molecule has 2 heterocycles. The van der Waals surface area contributed by atoms with Crippen molar-refractivity contribution in [2.75, 3.05) is 0 Å². The molecule has 0 saturated heterocycles. The molecule has 0 amide bonds. The zero-order chi connectivity index (χ0) is 37.3. The summed E-state index contributed by atoms with van der Waals surface area (Å²) < 4.78 is 0. The summed E-state index contributed by atoms with van der Waals surface area (Å²) in [6.45, 7) is -0.195. The fraction of sp³-hybridized carbons (Fsp3) is 0. The number of rotatable bonds is 8. The van der Waals surface area contributed by atoms with Gasteiger partial charge in [0.25, 0.3) is 6.71 Å². The van der Waals surface area contributed by atoms with Gasteiger partial charge in [0, 0.05) is 11.3 Å².